The summed E-state index contributed by atoms with van der Waals surface area (Å²) in [6.45, 7) is 1.97. The molecule has 0 fully saturated rings. The molecule has 0 saturated carbocycles. The van der Waals surface area contributed by atoms with Crippen LogP contribution in [0.4, 0.5) is 11.4 Å². The molecular weight excluding hydrogens is 226 g/mol. The van der Waals surface area contributed by atoms with E-state index in [2.05, 4.69) is 20.6 Å². The fourth-order valence-corrected chi connectivity index (χ4v) is 1.97. The fourth-order valence-electron chi connectivity index (χ4n) is 1.97. The minimum atomic E-state index is 0.879. The highest BCUT2D eigenvalue weighted by Gasteiger charge is 2.06. The van der Waals surface area contributed by atoms with Crippen LogP contribution in [0.15, 0.2) is 36.7 Å². The van der Waals surface area contributed by atoms with Crippen LogP contribution in [0.25, 0.3) is 10.9 Å². The van der Waals surface area contributed by atoms with Crippen LogP contribution in [0.5, 0.6) is 0 Å². The summed E-state index contributed by atoms with van der Waals surface area (Å²) in [4.78, 5) is 0. The van der Waals surface area contributed by atoms with E-state index in [1.165, 1.54) is 0 Å². The van der Waals surface area contributed by atoms with Gasteiger partial charge >= 0.3 is 0 Å². The zero-order valence-electron chi connectivity index (χ0n) is 10.3. The van der Waals surface area contributed by atoms with Crippen molar-refractivity contribution in [2.75, 3.05) is 5.32 Å². The molecule has 1 aromatic carbocycles. The lowest BCUT2D eigenvalue weighted by atomic mass is 10.2. The van der Waals surface area contributed by atoms with Crippen molar-refractivity contribution in [2.24, 2.45) is 7.05 Å². The van der Waals surface area contributed by atoms with E-state index in [0.29, 0.717) is 0 Å². The molecule has 0 bridgehead atoms. The van der Waals surface area contributed by atoms with E-state index >= 15 is 0 Å². The molecule has 18 heavy (non-hydrogen) atoms. The largest absolute Gasteiger partial charge is 0.351 e. The first kappa shape index (κ1) is 10.7. The highest BCUT2D eigenvalue weighted by molar-refractivity contribution is 5.92. The van der Waals surface area contributed by atoms with Crippen LogP contribution in [-0.2, 0) is 7.05 Å². The van der Waals surface area contributed by atoms with Crippen molar-refractivity contribution in [3.05, 3.63) is 42.4 Å². The summed E-state index contributed by atoms with van der Waals surface area (Å²) in [6.07, 6.45) is 3.68. The third kappa shape index (κ3) is 1.79. The summed E-state index contributed by atoms with van der Waals surface area (Å²) in [5.41, 5.74) is 3.76. The summed E-state index contributed by atoms with van der Waals surface area (Å²) in [5, 5.41) is 16.8. The normalized spacial score (nSPS) is 10.8. The topological polar surface area (TPSA) is 55.6 Å². The number of anilines is 2. The van der Waals surface area contributed by atoms with Gasteiger partial charge in [0, 0.05) is 18.6 Å². The minimum Gasteiger partial charge on any atom is -0.351 e. The summed E-state index contributed by atoms with van der Waals surface area (Å²) < 4.78 is 1.79. The Hall–Kier alpha value is -2.43. The Morgan fingerprint density at radius 3 is 2.78 bits per heavy atom. The number of hydrogen-bond acceptors (Lipinski definition) is 4. The highest BCUT2D eigenvalue weighted by atomic mass is 15.3. The van der Waals surface area contributed by atoms with Gasteiger partial charge in [0.15, 0.2) is 0 Å². The van der Waals surface area contributed by atoms with Crippen LogP contribution in [0.2, 0.25) is 0 Å². The average molecular weight is 239 g/mol. The third-order valence-electron chi connectivity index (χ3n) is 2.83. The van der Waals surface area contributed by atoms with Crippen LogP contribution in [0.3, 0.4) is 0 Å². The monoisotopic (exact) mass is 239 g/mol. The van der Waals surface area contributed by atoms with Crippen molar-refractivity contribution in [3.63, 3.8) is 0 Å². The highest BCUT2D eigenvalue weighted by Crippen LogP contribution is 2.24. The maximum atomic E-state index is 4.31. The van der Waals surface area contributed by atoms with E-state index in [0.717, 1.165) is 28.0 Å². The number of hydrogen-bond donors (Lipinski definition) is 1. The molecule has 0 unspecified atom stereocenters. The smallest absolute Gasteiger partial charge is 0.0950 e. The molecule has 0 amide bonds. The van der Waals surface area contributed by atoms with Crippen LogP contribution in [0, 0.1) is 6.92 Å². The number of aryl methyl sites for hydroxylation is 2. The Balaban J connectivity index is 2.07. The van der Waals surface area contributed by atoms with Gasteiger partial charge in [0.05, 0.1) is 28.8 Å². The second-order valence-electron chi connectivity index (χ2n) is 4.20. The van der Waals surface area contributed by atoms with Crippen LogP contribution in [0.1, 0.15) is 5.69 Å². The standard InChI is InChI=1S/C13H13N5/c1-9-13(8-18(2)17-9)15-12-7-14-16-11-6-4-3-5-10(11)12/h3-8H,1-2H3,(H,15,16). The molecule has 0 radical (unpaired) electrons. The fraction of sp³-hybridized carbons (Fsp3) is 0.154. The Kier molecular flexibility index (Phi) is 2.44. The van der Waals surface area contributed by atoms with Crippen molar-refractivity contribution in [2.45, 2.75) is 6.92 Å². The van der Waals surface area contributed by atoms with Gasteiger partial charge in [0.1, 0.15) is 0 Å². The van der Waals surface area contributed by atoms with Gasteiger partial charge in [-0.3, -0.25) is 4.68 Å². The van der Waals surface area contributed by atoms with Crippen molar-refractivity contribution >= 4 is 22.3 Å². The van der Waals surface area contributed by atoms with Gasteiger partial charge in [0.25, 0.3) is 0 Å². The van der Waals surface area contributed by atoms with E-state index in [1.807, 2.05) is 44.4 Å². The van der Waals surface area contributed by atoms with E-state index in [-0.39, 0.29) is 0 Å². The van der Waals surface area contributed by atoms with Crippen molar-refractivity contribution in [1.82, 2.24) is 20.0 Å². The Morgan fingerprint density at radius 2 is 2.00 bits per heavy atom. The first-order chi connectivity index (χ1) is 8.74. The van der Waals surface area contributed by atoms with Gasteiger partial charge in [-0.15, -0.1) is 0 Å². The lowest BCUT2D eigenvalue weighted by Crippen LogP contribution is -1.94. The molecule has 5 heteroatoms. The molecule has 90 valence electrons. The molecule has 2 heterocycles. The van der Waals surface area contributed by atoms with E-state index < -0.39 is 0 Å². The van der Waals surface area contributed by atoms with E-state index in [9.17, 15) is 0 Å². The molecule has 0 atom stereocenters. The van der Waals surface area contributed by atoms with Crippen LogP contribution >= 0.6 is 0 Å². The first-order valence-electron chi connectivity index (χ1n) is 5.72. The molecule has 5 nitrogen and oxygen atoms in total. The lowest BCUT2D eigenvalue weighted by molar-refractivity contribution is 0.756. The molecule has 0 aliphatic rings. The van der Waals surface area contributed by atoms with Crippen LogP contribution in [-0.4, -0.2) is 20.0 Å². The minimum absolute atomic E-state index is 0.879. The Labute approximate surface area is 104 Å². The van der Waals surface area contributed by atoms with Crippen LogP contribution < -0.4 is 5.32 Å². The Morgan fingerprint density at radius 1 is 1.17 bits per heavy atom. The molecule has 2 aromatic heterocycles. The summed E-state index contributed by atoms with van der Waals surface area (Å²) >= 11 is 0. The van der Waals surface area contributed by atoms with Crippen molar-refractivity contribution < 1.29 is 0 Å². The first-order valence-corrected chi connectivity index (χ1v) is 5.72. The molecule has 1 N–H and O–H groups in total. The van der Waals surface area contributed by atoms with Gasteiger partial charge < -0.3 is 5.32 Å². The van der Waals surface area contributed by atoms with Gasteiger partial charge in [-0.05, 0) is 13.0 Å². The molecule has 0 aliphatic carbocycles. The average Bonchev–Trinajstić information content (AvgIpc) is 2.68. The van der Waals surface area contributed by atoms with Gasteiger partial charge in [-0.25, -0.2) is 0 Å². The molecule has 0 saturated heterocycles. The maximum Gasteiger partial charge on any atom is 0.0950 e. The summed E-state index contributed by atoms with van der Waals surface area (Å²) in [7, 11) is 1.90. The maximum absolute atomic E-state index is 4.31. The molecule has 3 rings (SSSR count). The lowest BCUT2D eigenvalue weighted by Gasteiger charge is -2.06. The second kappa shape index (κ2) is 4.10. The Bertz CT molecular complexity index is 696. The summed E-state index contributed by atoms with van der Waals surface area (Å²) in [5.74, 6) is 0. The number of aromatic nitrogens is 4. The summed E-state index contributed by atoms with van der Waals surface area (Å²) in [6, 6.07) is 7.92. The zero-order chi connectivity index (χ0) is 12.5. The number of benzene rings is 1. The number of nitrogens with one attached hydrogen (secondary N) is 1. The van der Waals surface area contributed by atoms with Gasteiger partial charge in [-0.1, -0.05) is 18.2 Å². The quantitative estimate of drug-likeness (QED) is 0.746. The predicted octanol–water partition coefficient (Wildman–Crippen LogP) is 2.42. The zero-order valence-corrected chi connectivity index (χ0v) is 10.3. The predicted molar refractivity (Wildman–Crippen MR) is 70.8 cm³/mol. The number of nitrogens with zero attached hydrogens (tertiary/aromatic N) is 4. The SMILES string of the molecule is Cc1nn(C)cc1Nc1cnnc2ccccc12. The number of rotatable bonds is 2. The molecular formula is C13H13N5. The second-order valence-corrected chi connectivity index (χ2v) is 4.20. The van der Waals surface area contributed by atoms with Gasteiger partial charge in [0.2, 0.25) is 0 Å². The van der Waals surface area contributed by atoms with Crippen molar-refractivity contribution in [3.8, 4) is 0 Å². The van der Waals surface area contributed by atoms with Gasteiger partial charge in [-0.2, -0.15) is 15.3 Å². The van der Waals surface area contributed by atoms with E-state index in [4.69, 9.17) is 0 Å². The number of fused-ring (bicyclic) bond motifs is 1. The van der Waals surface area contributed by atoms with E-state index in [1.54, 1.807) is 10.9 Å². The molecule has 0 spiro atoms. The van der Waals surface area contributed by atoms with Crippen molar-refractivity contribution in [1.29, 1.82) is 0 Å². The molecule has 0 aliphatic heterocycles. The molecule has 3 aromatic rings. The third-order valence-corrected chi connectivity index (χ3v) is 2.83.